The molecule has 0 radical (unpaired) electrons. The van der Waals surface area contributed by atoms with E-state index in [2.05, 4.69) is 21.3 Å². The lowest BCUT2D eigenvalue weighted by Gasteiger charge is -2.27. The second kappa shape index (κ2) is 17.1. The van der Waals surface area contributed by atoms with Crippen molar-refractivity contribution in [3.8, 4) is 5.75 Å². The molecule has 0 fully saturated rings. The predicted octanol–water partition coefficient (Wildman–Crippen LogP) is -1.80. The van der Waals surface area contributed by atoms with E-state index >= 15 is 0 Å². The molecule has 0 bridgehead atoms. The number of rotatable bonds is 17. The van der Waals surface area contributed by atoms with Gasteiger partial charge in [-0.25, -0.2) is 0 Å². The number of phenolic OH excluding ortho intramolecular Hbond substituents is 1. The molecule has 8 N–H and O–H groups in total. The van der Waals surface area contributed by atoms with Crippen LogP contribution in [0.2, 0.25) is 0 Å². The van der Waals surface area contributed by atoms with Crippen LogP contribution < -0.4 is 26.6 Å². The number of hydrogen-bond acceptors (Lipinski definition) is 9. The first-order chi connectivity index (χ1) is 20.0. The zero-order valence-corrected chi connectivity index (χ0v) is 24.1. The van der Waals surface area contributed by atoms with Crippen LogP contribution >= 0.6 is 0 Å². The van der Waals surface area contributed by atoms with Crippen molar-refractivity contribution in [2.45, 2.75) is 77.2 Å². The maximum absolute atomic E-state index is 13.1. The summed E-state index contributed by atoms with van der Waals surface area (Å²) in [5.41, 5.74) is 0.616. The number of aldehydes is 1. The van der Waals surface area contributed by atoms with Crippen molar-refractivity contribution < 1.29 is 53.7 Å². The summed E-state index contributed by atoms with van der Waals surface area (Å²) in [5, 5.41) is 39.1. The van der Waals surface area contributed by atoms with Crippen LogP contribution in [0.25, 0.3) is 0 Å². The third kappa shape index (κ3) is 13.0. The van der Waals surface area contributed by atoms with Gasteiger partial charge in [-0.2, -0.15) is 0 Å². The Kier molecular flexibility index (Phi) is 14.3. The largest absolute Gasteiger partial charge is 0.508 e. The molecule has 1 aromatic rings. The fraction of sp³-hybridized carbons (Fsp3) is 0.481. The van der Waals surface area contributed by atoms with Gasteiger partial charge in [-0.05, 0) is 30.5 Å². The molecule has 0 spiro atoms. The van der Waals surface area contributed by atoms with Crippen LogP contribution in [0.3, 0.4) is 0 Å². The molecule has 0 aromatic heterocycles. The van der Waals surface area contributed by atoms with Gasteiger partial charge in [0, 0.05) is 13.3 Å². The van der Waals surface area contributed by atoms with Crippen molar-refractivity contribution in [2.75, 3.05) is 0 Å². The zero-order chi connectivity index (χ0) is 32.9. The molecule has 16 heteroatoms. The summed E-state index contributed by atoms with van der Waals surface area (Å²) < 4.78 is 0. The van der Waals surface area contributed by atoms with E-state index in [4.69, 9.17) is 10.2 Å². The molecular weight excluding hydrogens is 570 g/mol. The van der Waals surface area contributed by atoms with Crippen molar-refractivity contribution in [2.24, 2.45) is 5.92 Å². The first kappa shape index (κ1) is 36.0. The molecule has 236 valence electrons. The Morgan fingerprint density at radius 3 is 1.77 bits per heavy atom. The van der Waals surface area contributed by atoms with E-state index in [0.717, 1.165) is 0 Å². The van der Waals surface area contributed by atoms with Crippen LogP contribution in [0.1, 0.15) is 46.1 Å². The molecule has 0 saturated heterocycles. The highest BCUT2D eigenvalue weighted by Crippen LogP contribution is 2.12. The number of carbonyl (C=O) groups excluding carboxylic acids is 6. The molecule has 16 nitrogen and oxygen atoms in total. The Hall–Kier alpha value is -5.02. The van der Waals surface area contributed by atoms with Crippen LogP contribution in [0, 0.1) is 5.92 Å². The van der Waals surface area contributed by atoms with Crippen LogP contribution in [-0.4, -0.2) is 93.3 Å². The lowest BCUT2D eigenvalue weighted by molar-refractivity contribution is -0.142. The minimum absolute atomic E-state index is 0.0113. The molecule has 0 aliphatic rings. The highest BCUT2D eigenvalue weighted by Gasteiger charge is 2.32. The summed E-state index contributed by atoms with van der Waals surface area (Å²) in [6.07, 6.45) is -1.49. The average Bonchev–Trinajstić information content (AvgIpc) is 2.90. The predicted molar refractivity (Wildman–Crippen MR) is 148 cm³/mol. The molecule has 0 heterocycles. The summed E-state index contributed by atoms with van der Waals surface area (Å²) in [6, 6.07) is -0.822. The van der Waals surface area contributed by atoms with Crippen LogP contribution in [0.4, 0.5) is 0 Å². The first-order valence-corrected chi connectivity index (χ1v) is 13.2. The molecule has 0 unspecified atom stereocenters. The Morgan fingerprint density at radius 2 is 1.28 bits per heavy atom. The van der Waals surface area contributed by atoms with E-state index < -0.39 is 90.4 Å². The van der Waals surface area contributed by atoms with E-state index in [1.807, 2.05) is 5.32 Å². The number of amides is 5. The standard InChI is InChI=1S/C27H37N5O11/c1-13(2)23(32-26(42)19(29-15(4)34)9-16-5-7-18(35)8-6-16)27(43)28-14(3)24(40)31-20(11-22(38)39)25(41)30-17(12-33)10-21(36)37/h5-8,12-14,17,19-20,23,35H,9-11H2,1-4H3,(H,28,43)(H,29,34)(H,30,41)(H,31,40)(H,32,42)(H,36,37)(H,38,39)/t14-,17-,19-,20-,23-/m0/s1. The molecular formula is C27H37N5O11. The van der Waals surface area contributed by atoms with Crippen molar-refractivity contribution in [1.82, 2.24) is 26.6 Å². The first-order valence-electron chi connectivity index (χ1n) is 13.2. The number of benzene rings is 1. The zero-order valence-electron chi connectivity index (χ0n) is 24.1. The van der Waals surface area contributed by atoms with Gasteiger partial charge in [0.2, 0.25) is 29.5 Å². The fourth-order valence-corrected chi connectivity index (χ4v) is 3.77. The summed E-state index contributed by atoms with van der Waals surface area (Å²) in [4.78, 5) is 96.3. The van der Waals surface area contributed by atoms with Crippen molar-refractivity contribution in [1.29, 1.82) is 0 Å². The van der Waals surface area contributed by atoms with Gasteiger partial charge >= 0.3 is 11.9 Å². The van der Waals surface area contributed by atoms with E-state index in [-0.39, 0.29) is 18.5 Å². The number of aromatic hydroxyl groups is 1. The number of carbonyl (C=O) groups is 8. The minimum Gasteiger partial charge on any atom is -0.508 e. The SMILES string of the molecule is CC(=O)N[C@@H](Cc1ccc(O)cc1)C(=O)N[C@H](C(=O)N[C@@H](C)C(=O)N[C@@H](CC(=O)O)C(=O)N[C@H](C=O)CC(=O)O)C(C)C. The Morgan fingerprint density at radius 1 is 0.721 bits per heavy atom. The van der Waals surface area contributed by atoms with Crippen molar-refractivity contribution in [3.05, 3.63) is 29.8 Å². The Balaban J connectivity index is 2.97. The van der Waals surface area contributed by atoms with Gasteiger partial charge in [0.25, 0.3) is 0 Å². The molecule has 5 atom stereocenters. The van der Waals surface area contributed by atoms with E-state index in [0.29, 0.717) is 5.56 Å². The van der Waals surface area contributed by atoms with Gasteiger partial charge < -0.3 is 46.7 Å². The van der Waals surface area contributed by atoms with Crippen LogP contribution in [-0.2, 0) is 44.8 Å². The smallest absolute Gasteiger partial charge is 0.305 e. The van der Waals surface area contributed by atoms with Gasteiger partial charge in [0.05, 0.1) is 18.9 Å². The third-order valence-electron chi connectivity index (χ3n) is 5.97. The third-order valence-corrected chi connectivity index (χ3v) is 5.97. The van der Waals surface area contributed by atoms with E-state index in [9.17, 15) is 43.5 Å². The van der Waals surface area contributed by atoms with Crippen molar-refractivity contribution >= 4 is 47.8 Å². The number of hydrogen-bond donors (Lipinski definition) is 8. The van der Waals surface area contributed by atoms with Crippen LogP contribution in [0.15, 0.2) is 24.3 Å². The maximum atomic E-state index is 13.1. The highest BCUT2D eigenvalue weighted by molar-refractivity contribution is 5.96. The molecule has 1 aromatic carbocycles. The van der Waals surface area contributed by atoms with Gasteiger partial charge in [0.1, 0.15) is 36.2 Å². The van der Waals surface area contributed by atoms with Crippen LogP contribution in [0.5, 0.6) is 5.75 Å². The number of nitrogens with one attached hydrogen (secondary N) is 5. The molecule has 0 saturated carbocycles. The lowest BCUT2D eigenvalue weighted by atomic mass is 10.0. The second-order valence-corrected chi connectivity index (χ2v) is 10.1. The Bertz CT molecular complexity index is 1200. The van der Waals surface area contributed by atoms with E-state index in [1.165, 1.54) is 26.0 Å². The lowest BCUT2D eigenvalue weighted by Crippen LogP contribution is -2.59. The topological polar surface area (TPSA) is 257 Å². The summed E-state index contributed by atoms with van der Waals surface area (Å²) in [6.45, 7) is 5.70. The number of carboxylic acid groups (broad SMARTS) is 2. The van der Waals surface area contributed by atoms with Gasteiger partial charge in [0.15, 0.2) is 0 Å². The van der Waals surface area contributed by atoms with Gasteiger partial charge in [-0.1, -0.05) is 26.0 Å². The summed E-state index contributed by atoms with van der Waals surface area (Å²) in [7, 11) is 0. The molecule has 0 aliphatic carbocycles. The molecule has 43 heavy (non-hydrogen) atoms. The Labute approximate surface area is 247 Å². The molecule has 1 rings (SSSR count). The molecule has 0 aliphatic heterocycles. The van der Waals surface area contributed by atoms with Gasteiger partial charge in [-0.15, -0.1) is 0 Å². The van der Waals surface area contributed by atoms with Crippen molar-refractivity contribution in [3.63, 3.8) is 0 Å². The minimum atomic E-state index is -1.71. The molecule has 5 amide bonds. The summed E-state index contributed by atoms with van der Waals surface area (Å²) >= 11 is 0. The number of carboxylic acids is 2. The number of phenols is 1. The van der Waals surface area contributed by atoms with E-state index in [1.54, 1.807) is 26.0 Å². The average molecular weight is 608 g/mol. The normalized spacial score (nSPS) is 14.2. The highest BCUT2D eigenvalue weighted by atomic mass is 16.4. The summed E-state index contributed by atoms with van der Waals surface area (Å²) in [5.74, 6) is -7.46. The fourth-order valence-electron chi connectivity index (χ4n) is 3.77. The second-order valence-electron chi connectivity index (χ2n) is 10.1. The van der Waals surface area contributed by atoms with Gasteiger partial charge in [-0.3, -0.25) is 33.6 Å². The number of aliphatic carboxylic acids is 2. The maximum Gasteiger partial charge on any atom is 0.305 e. The monoisotopic (exact) mass is 607 g/mol. The quantitative estimate of drug-likeness (QED) is 0.0917.